The molecule has 0 aliphatic heterocycles. The molecule has 0 heterocycles. The minimum Gasteiger partial charge on any atom is -0.377 e. The van der Waals surface area contributed by atoms with Gasteiger partial charge in [-0.3, -0.25) is 0 Å². The van der Waals surface area contributed by atoms with Gasteiger partial charge in [-0.15, -0.1) is 0 Å². The average Bonchev–Trinajstić information content (AvgIpc) is 2.87. The minimum absolute atomic E-state index is 0.681. The molecule has 2 unspecified atom stereocenters. The average molecular weight is 245 g/mol. The Labute approximate surface area is 110 Å². The fourth-order valence-corrected chi connectivity index (χ4v) is 2.68. The van der Waals surface area contributed by atoms with Crippen LogP contribution in [0.5, 0.6) is 0 Å². The van der Waals surface area contributed by atoms with Gasteiger partial charge in [0.2, 0.25) is 0 Å². The zero-order chi connectivity index (χ0) is 12.6. The van der Waals surface area contributed by atoms with Crippen molar-refractivity contribution in [3.05, 3.63) is 42.0 Å². The predicted octanol–water partition coefficient (Wildman–Crippen LogP) is 3.09. The highest BCUT2D eigenvalue weighted by molar-refractivity contribution is 5.48. The number of rotatable bonds is 6. The molecule has 0 radical (unpaired) electrons. The normalized spacial score (nSPS) is 23.8. The fourth-order valence-electron chi connectivity index (χ4n) is 2.68. The quantitative estimate of drug-likeness (QED) is 0.782. The molecule has 98 valence electrons. The second-order valence-corrected chi connectivity index (χ2v) is 5.04. The first-order chi connectivity index (χ1) is 8.90. The summed E-state index contributed by atoms with van der Waals surface area (Å²) in [5.74, 6) is 1.36. The highest BCUT2D eigenvalue weighted by Crippen LogP contribution is 2.30. The Hall–Kier alpha value is -1.12. The molecule has 1 aromatic carbocycles. The van der Waals surface area contributed by atoms with Crippen molar-refractivity contribution in [2.24, 2.45) is 17.6 Å². The van der Waals surface area contributed by atoms with Gasteiger partial charge in [-0.1, -0.05) is 48.9 Å². The van der Waals surface area contributed by atoms with Crippen molar-refractivity contribution < 1.29 is 4.74 Å². The van der Waals surface area contributed by atoms with Crippen LogP contribution in [0.15, 0.2) is 36.4 Å². The molecular formula is C16H23NO. The number of hydrogen-bond acceptors (Lipinski definition) is 2. The lowest BCUT2D eigenvalue weighted by atomic mass is 9.97. The summed E-state index contributed by atoms with van der Waals surface area (Å²) in [5.41, 5.74) is 6.98. The number of ether oxygens (including phenoxy) is 1. The maximum atomic E-state index is 5.76. The van der Waals surface area contributed by atoms with E-state index < -0.39 is 0 Å². The zero-order valence-corrected chi connectivity index (χ0v) is 10.9. The first-order valence-electron chi connectivity index (χ1n) is 6.89. The Morgan fingerprint density at radius 3 is 2.72 bits per heavy atom. The Bertz CT molecular complexity index is 361. The third-order valence-corrected chi connectivity index (χ3v) is 3.78. The summed E-state index contributed by atoms with van der Waals surface area (Å²) in [6.07, 6.45) is 8.07. The summed E-state index contributed by atoms with van der Waals surface area (Å²) < 4.78 is 5.73. The van der Waals surface area contributed by atoms with E-state index in [4.69, 9.17) is 10.5 Å². The maximum absolute atomic E-state index is 5.76. The summed E-state index contributed by atoms with van der Waals surface area (Å²) in [6, 6.07) is 10.3. The van der Waals surface area contributed by atoms with Gasteiger partial charge in [-0.05, 0) is 36.8 Å². The van der Waals surface area contributed by atoms with Gasteiger partial charge in [0, 0.05) is 0 Å². The van der Waals surface area contributed by atoms with Crippen molar-refractivity contribution in [3.63, 3.8) is 0 Å². The van der Waals surface area contributed by atoms with Crippen LogP contribution in [-0.4, -0.2) is 19.8 Å². The van der Waals surface area contributed by atoms with E-state index in [1.807, 2.05) is 18.2 Å². The van der Waals surface area contributed by atoms with Crippen LogP contribution in [0.2, 0.25) is 0 Å². The van der Waals surface area contributed by atoms with Crippen LogP contribution in [0.4, 0.5) is 0 Å². The van der Waals surface area contributed by atoms with Gasteiger partial charge in [-0.25, -0.2) is 0 Å². The summed E-state index contributed by atoms with van der Waals surface area (Å²) in [6.45, 7) is 2.37. The van der Waals surface area contributed by atoms with Crippen LogP contribution in [-0.2, 0) is 4.74 Å². The van der Waals surface area contributed by atoms with Gasteiger partial charge in [0.25, 0.3) is 0 Å². The van der Waals surface area contributed by atoms with Crippen molar-refractivity contribution in [2.45, 2.75) is 19.3 Å². The Kier molecular flexibility index (Phi) is 5.43. The zero-order valence-electron chi connectivity index (χ0n) is 10.9. The predicted molar refractivity (Wildman–Crippen MR) is 76.2 cm³/mol. The molecule has 18 heavy (non-hydrogen) atoms. The second-order valence-electron chi connectivity index (χ2n) is 5.04. The van der Waals surface area contributed by atoms with E-state index in [1.165, 1.54) is 24.8 Å². The Morgan fingerprint density at radius 1 is 1.17 bits per heavy atom. The Balaban J connectivity index is 1.65. The summed E-state index contributed by atoms with van der Waals surface area (Å²) in [4.78, 5) is 0. The standard InChI is InChI=1S/C16H23NO/c17-12-15-9-4-10-16(15)13-18-11-5-8-14-6-2-1-3-7-14/h1-3,5-8,15-16H,4,9-13,17H2. The van der Waals surface area contributed by atoms with E-state index in [1.54, 1.807) is 0 Å². The number of nitrogens with two attached hydrogens (primary N) is 1. The molecule has 1 aliphatic carbocycles. The van der Waals surface area contributed by atoms with Crippen LogP contribution < -0.4 is 5.73 Å². The van der Waals surface area contributed by atoms with E-state index in [0.717, 1.165) is 13.2 Å². The fraction of sp³-hybridized carbons (Fsp3) is 0.500. The SMILES string of the molecule is NCC1CCCC1COCC=Cc1ccccc1. The summed E-state index contributed by atoms with van der Waals surface area (Å²) in [7, 11) is 0. The lowest BCUT2D eigenvalue weighted by Gasteiger charge is -2.17. The monoisotopic (exact) mass is 245 g/mol. The van der Waals surface area contributed by atoms with Gasteiger partial charge >= 0.3 is 0 Å². The summed E-state index contributed by atoms with van der Waals surface area (Å²) >= 11 is 0. The molecule has 0 amide bonds. The molecule has 1 aliphatic rings. The van der Waals surface area contributed by atoms with Gasteiger partial charge < -0.3 is 10.5 Å². The first kappa shape index (κ1) is 13.3. The highest BCUT2D eigenvalue weighted by atomic mass is 16.5. The molecule has 1 saturated carbocycles. The molecule has 2 nitrogen and oxygen atoms in total. The van der Waals surface area contributed by atoms with E-state index in [0.29, 0.717) is 18.4 Å². The smallest absolute Gasteiger partial charge is 0.0650 e. The lowest BCUT2D eigenvalue weighted by Crippen LogP contribution is -2.22. The van der Waals surface area contributed by atoms with Gasteiger partial charge in [0.05, 0.1) is 13.2 Å². The molecule has 0 spiro atoms. The molecule has 2 N–H and O–H groups in total. The summed E-state index contributed by atoms with van der Waals surface area (Å²) in [5, 5.41) is 0. The molecule has 1 fully saturated rings. The largest absolute Gasteiger partial charge is 0.377 e. The Morgan fingerprint density at radius 2 is 1.94 bits per heavy atom. The van der Waals surface area contributed by atoms with Crippen molar-refractivity contribution >= 4 is 6.08 Å². The molecular weight excluding hydrogens is 222 g/mol. The van der Waals surface area contributed by atoms with E-state index >= 15 is 0 Å². The van der Waals surface area contributed by atoms with Crippen molar-refractivity contribution in [2.75, 3.05) is 19.8 Å². The van der Waals surface area contributed by atoms with E-state index in [-0.39, 0.29) is 0 Å². The van der Waals surface area contributed by atoms with Crippen LogP contribution in [0, 0.1) is 11.8 Å². The maximum Gasteiger partial charge on any atom is 0.0650 e. The van der Waals surface area contributed by atoms with Crippen LogP contribution >= 0.6 is 0 Å². The third kappa shape index (κ3) is 3.97. The van der Waals surface area contributed by atoms with Crippen LogP contribution in [0.1, 0.15) is 24.8 Å². The lowest BCUT2D eigenvalue weighted by molar-refractivity contribution is 0.108. The van der Waals surface area contributed by atoms with E-state index in [2.05, 4.69) is 24.3 Å². The molecule has 0 bridgehead atoms. The second kappa shape index (κ2) is 7.34. The third-order valence-electron chi connectivity index (χ3n) is 3.78. The molecule has 1 aromatic rings. The van der Waals surface area contributed by atoms with Gasteiger partial charge in [0.1, 0.15) is 0 Å². The van der Waals surface area contributed by atoms with E-state index in [9.17, 15) is 0 Å². The van der Waals surface area contributed by atoms with Crippen LogP contribution in [0.3, 0.4) is 0 Å². The van der Waals surface area contributed by atoms with Crippen molar-refractivity contribution in [3.8, 4) is 0 Å². The first-order valence-corrected chi connectivity index (χ1v) is 6.89. The molecule has 0 saturated heterocycles. The molecule has 2 atom stereocenters. The number of benzene rings is 1. The van der Waals surface area contributed by atoms with Crippen LogP contribution in [0.25, 0.3) is 6.08 Å². The van der Waals surface area contributed by atoms with Crippen molar-refractivity contribution in [1.82, 2.24) is 0 Å². The topological polar surface area (TPSA) is 35.2 Å². The minimum atomic E-state index is 0.681. The molecule has 0 aromatic heterocycles. The van der Waals surface area contributed by atoms with Crippen molar-refractivity contribution in [1.29, 1.82) is 0 Å². The van der Waals surface area contributed by atoms with Gasteiger partial charge in [-0.2, -0.15) is 0 Å². The molecule has 2 heteroatoms. The number of hydrogen-bond donors (Lipinski definition) is 1. The molecule has 2 rings (SSSR count). The van der Waals surface area contributed by atoms with Gasteiger partial charge in [0.15, 0.2) is 0 Å². The highest BCUT2D eigenvalue weighted by Gasteiger charge is 2.25.